The molecule has 0 radical (unpaired) electrons. The Hall–Kier alpha value is -2.92. The van der Waals surface area contributed by atoms with E-state index in [4.69, 9.17) is 4.42 Å². The van der Waals surface area contributed by atoms with Crippen molar-refractivity contribution in [2.24, 2.45) is 0 Å². The summed E-state index contributed by atoms with van der Waals surface area (Å²) in [7, 11) is 0. The highest BCUT2D eigenvalue weighted by molar-refractivity contribution is 5.94. The molecule has 2 heterocycles. The third-order valence-corrected chi connectivity index (χ3v) is 5.74. The zero-order valence-electron chi connectivity index (χ0n) is 16.3. The summed E-state index contributed by atoms with van der Waals surface area (Å²) in [6.07, 6.45) is 0. The monoisotopic (exact) mass is 377 g/mol. The first-order valence-electron chi connectivity index (χ1n) is 9.74. The van der Waals surface area contributed by atoms with Crippen molar-refractivity contribution in [3.05, 3.63) is 81.2 Å². The van der Waals surface area contributed by atoms with Gasteiger partial charge >= 0.3 is 5.63 Å². The maximum Gasteiger partial charge on any atom is 0.336 e. The minimum Gasteiger partial charge on any atom is -0.422 e. The predicted octanol–water partition coefficient (Wildman–Crippen LogP) is 1.95. The van der Waals surface area contributed by atoms with E-state index in [-0.39, 0.29) is 11.5 Å². The summed E-state index contributed by atoms with van der Waals surface area (Å²) >= 11 is 0. The van der Waals surface area contributed by atoms with Crippen molar-refractivity contribution >= 4 is 16.9 Å². The Morgan fingerprint density at radius 2 is 1.79 bits per heavy atom. The first kappa shape index (κ1) is 18.4. The maximum atomic E-state index is 12.6. The van der Waals surface area contributed by atoms with Gasteiger partial charge in [-0.05, 0) is 37.1 Å². The van der Waals surface area contributed by atoms with E-state index >= 15 is 0 Å². The molecule has 5 heteroatoms. The molecule has 0 spiro atoms. The first-order chi connectivity index (χ1) is 13.5. The van der Waals surface area contributed by atoms with Gasteiger partial charge in [0.15, 0.2) is 0 Å². The van der Waals surface area contributed by atoms with Crippen molar-refractivity contribution in [1.82, 2.24) is 4.90 Å². The number of piperazine rings is 1. The number of carbonyl (C=O) groups excluding carboxylic acids is 1. The second kappa shape index (κ2) is 7.60. The van der Waals surface area contributed by atoms with Crippen molar-refractivity contribution in [3.63, 3.8) is 0 Å². The van der Waals surface area contributed by atoms with Crippen LogP contribution in [-0.2, 0) is 6.54 Å². The molecule has 0 atom stereocenters. The molecule has 28 heavy (non-hydrogen) atoms. The Morgan fingerprint density at radius 1 is 1.07 bits per heavy atom. The summed E-state index contributed by atoms with van der Waals surface area (Å²) in [4.78, 5) is 28.0. The average Bonchev–Trinajstić information content (AvgIpc) is 2.72. The van der Waals surface area contributed by atoms with Crippen LogP contribution < -0.4 is 10.5 Å². The highest BCUT2D eigenvalue weighted by Crippen LogP contribution is 2.22. The molecule has 1 fully saturated rings. The molecular weight excluding hydrogens is 352 g/mol. The zero-order chi connectivity index (χ0) is 19.7. The highest BCUT2D eigenvalue weighted by Gasteiger charge is 2.25. The van der Waals surface area contributed by atoms with E-state index < -0.39 is 0 Å². The van der Waals surface area contributed by atoms with Crippen LogP contribution in [0.15, 0.2) is 57.7 Å². The quantitative estimate of drug-likeness (QED) is 0.710. The van der Waals surface area contributed by atoms with Crippen molar-refractivity contribution in [3.8, 4) is 0 Å². The van der Waals surface area contributed by atoms with Crippen LogP contribution in [0.1, 0.15) is 27.0 Å². The lowest BCUT2D eigenvalue weighted by atomic mass is 10.0. The summed E-state index contributed by atoms with van der Waals surface area (Å²) in [5.74, 6) is 0.0940. The number of benzene rings is 2. The number of hydrogen-bond donors (Lipinski definition) is 1. The molecule has 1 amide bonds. The SMILES string of the molecule is Cc1ccc2c(C[NH+]3CCN(C(=O)c4ccccc4)CC3)cc(=O)oc2c1C. The van der Waals surface area contributed by atoms with Crippen molar-refractivity contribution in [2.75, 3.05) is 26.2 Å². The molecule has 144 valence electrons. The first-order valence-corrected chi connectivity index (χ1v) is 9.74. The lowest BCUT2D eigenvalue weighted by molar-refractivity contribution is -0.917. The summed E-state index contributed by atoms with van der Waals surface area (Å²) in [5.41, 5.74) is 4.29. The number of fused-ring (bicyclic) bond motifs is 1. The van der Waals surface area contributed by atoms with Gasteiger partial charge in [-0.25, -0.2) is 4.79 Å². The summed E-state index contributed by atoms with van der Waals surface area (Å²) in [6.45, 7) is 7.95. The van der Waals surface area contributed by atoms with Gasteiger partial charge in [0.05, 0.1) is 26.2 Å². The smallest absolute Gasteiger partial charge is 0.336 e. The van der Waals surface area contributed by atoms with Crippen LogP contribution in [0.4, 0.5) is 0 Å². The number of hydrogen-bond acceptors (Lipinski definition) is 3. The average molecular weight is 377 g/mol. The van der Waals surface area contributed by atoms with E-state index in [1.165, 1.54) is 4.90 Å². The number of carbonyl (C=O) groups is 1. The third-order valence-electron chi connectivity index (χ3n) is 5.74. The maximum absolute atomic E-state index is 12.6. The van der Waals surface area contributed by atoms with E-state index in [0.717, 1.165) is 60.4 Å². The molecule has 4 rings (SSSR count). The standard InChI is InChI=1S/C23H24N2O3/c1-16-8-9-20-19(14-21(26)28-22(20)17(16)2)15-24-10-12-25(13-11-24)23(27)18-6-4-3-5-7-18/h3-9,14H,10-13,15H2,1-2H3/p+1. The minimum absolute atomic E-state index is 0.0940. The van der Waals surface area contributed by atoms with Gasteiger partial charge in [0.2, 0.25) is 0 Å². The Morgan fingerprint density at radius 3 is 2.50 bits per heavy atom. The Bertz CT molecular complexity index is 1060. The van der Waals surface area contributed by atoms with Gasteiger partial charge < -0.3 is 14.2 Å². The summed E-state index contributed by atoms with van der Waals surface area (Å²) in [6, 6.07) is 15.2. The normalized spacial score (nSPS) is 15.1. The van der Waals surface area contributed by atoms with Crippen LogP contribution in [0.2, 0.25) is 0 Å². The Kier molecular flexibility index (Phi) is 5.01. The van der Waals surface area contributed by atoms with E-state index in [1.807, 2.05) is 55.1 Å². The zero-order valence-corrected chi connectivity index (χ0v) is 16.3. The summed E-state index contributed by atoms with van der Waals surface area (Å²) < 4.78 is 5.48. The second-order valence-corrected chi connectivity index (χ2v) is 7.56. The molecular formula is C23H25N2O3+. The van der Waals surface area contributed by atoms with Crippen molar-refractivity contribution < 1.29 is 14.1 Å². The predicted molar refractivity (Wildman–Crippen MR) is 109 cm³/mol. The molecule has 1 aliphatic heterocycles. The van der Waals surface area contributed by atoms with Crippen molar-refractivity contribution in [1.29, 1.82) is 0 Å². The number of nitrogens with zero attached hydrogens (tertiary/aromatic N) is 1. The summed E-state index contributed by atoms with van der Waals surface area (Å²) in [5, 5.41) is 1.01. The molecule has 3 aromatic rings. The number of nitrogens with one attached hydrogen (secondary N) is 1. The fourth-order valence-corrected chi connectivity index (χ4v) is 3.91. The van der Waals surface area contributed by atoms with Crippen LogP contribution in [0, 0.1) is 13.8 Å². The topological polar surface area (TPSA) is 55.0 Å². The molecule has 0 unspecified atom stereocenters. The fraction of sp³-hybridized carbons (Fsp3) is 0.304. The van der Waals surface area contributed by atoms with Gasteiger partial charge in [-0.3, -0.25) is 4.79 Å². The molecule has 1 N–H and O–H groups in total. The van der Waals surface area contributed by atoms with Gasteiger partial charge in [0, 0.05) is 22.6 Å². The van der Waals surface area contributed by atoms with Gasteiger partial charge in [0.1, 0.15) is 12.1 Å². The fourth-order valence-electron chi connectivity index (χ4n) is 3.91. The van der Waals surface area contributed by atoms with Crippen molar-refractivity contribution in [2.45, 2.75) is 20.4 Å². The molecule has 0 saturated carbocycles. The Labute approximate surface area is 164 Å². The molecule has 0 bridgehead atoms. The van der Waals surface area contributed by atoms with Gasteiger partial charge in [-0.2, -0.15) is 0 Å². The Balaban J connectivity index is 1.49. The largest absolute Gasteiger partial charge is 0.422 e. The van der Waals surface area contributed by atoms with E-state index in [0.29, 0.717) is 5.58 Å². The van der Waals surface area contributed by atoms with Crippen LogP contribution >= 0.6 is 0 Å². The van der Waals surface area contributed by atoms with E-state index in [1.54, 1.807) is 6.07 Å². The third kappa shape index (κ3) is 3.58. The van der Waals surface area contributed by atoms with Crippen LogP contribution in [0.25, 0.3) is 11.0 Å². The van der Waals surface area contributed by atoms with E-state index in [9.17, 15) is 9.59 Å². The van der Waals surface area contributed by atoms with Gasteiger partial charge in [-0.15, -0.1) is 0 Å². The van der Waals surface area contributed by atoms with Crippen LogP contribution in [0.3, 0.4) is 0 Å². The van der Waals surface area contributed by atoms with E-state index in [2.05, 4.69) is 6.07 Å². The number of amides is 1. The van der Waals surface area contributed by atoms with Crippen LogP contribution in [-0.4, -0.2) is 37.0 Å². The van der Waals surface area contributed by atoms with Gasteiger partial charge in [0.25, 0.3) is 5.91 Å². The van der Waals surface area contributed by atoms with Gasteiger partial charge in [-0.1, -0.05) is 30.3 Å². The molecule has 1 aromatic heterocycles. The molecule has 1 saturated heterocycles. The molecule has 1 aliphatic rings. The number of rotatable bonds is 3. The molecule has 0 aliphatic carbocycles. The number of quaternary nitrogens is 1. The lowest BCUT2D eigenvalue weighted by Crippen LogP contribution is -3.13. The lowest BCUT2D eigenvalue weighted by Gasteiger charge is -2.32. The highest BCUT2D eigenvalue weighted by atomic mass is 16.4. The van der Waals surface area contributed by atoms with Crippen LogP contribution in [0.5, 0.6) is 0 Å². The molecule has 2 aromatic carbocycles. The minimum atomic E-state index is -0.298. The number of aryl methyl sites for hydroxylation is 2. The molecule has 5 nitrogen and oxygen atoms in total. The second-order valence-electron chi connectivity index (χ2n) is 7.56.